The standard InChI is InChI=1S/C21H23F3N2O6/c1-20(10-29-2)11-30-8-14(32-20)9-31-13-5-3-12(4-6-13)15-7-16(18(25)27)19(28)26-17(15)21(22,23)24/h3-7,14H,8-11H2,1-2H3,(H2,25,27)(H,26,28)/t14-,20+/m0/s1. The number of aromatic nitrogens is 1. The van der Waals surface area contributed by atoms with E-state index in [4.69, 9.17) is 24.7 Å². The molecule has 2 atom stereocenters. The molecule has 0 aliphatic carbocycles. The quantitative estimate of drug-likeness (QED) is 0.662. The third-order valence-electron chi connectivity index (χ3n) is 4.80. The average Bonchev–Trinajstić information content (AvgIpc) is 2.71. The van der Waals surface area contributed by atoms with E-state index in [1.54, 1.807) is 12.1 Å². The summed E-state index contributed by atoms with van der Waals surface area (Å²) in [4.78, 5) is 24.9. The molecule has 0 saturated carbocycles. The van der Waals surface area contributed by atoms with Crippen LogP contribution in [0.2, 0.25) is 0 Å². The first-order chi connectivity index (χ1) is 15.0. The van der Waals surface area contributed by atoms with Gasteiger partial charge in [0.2, 0.25) is 0 Å². The van der Waals surface area contributed by atoms with Crippen LogP contribution in [-0.4, -0.2) is 56.1 Å². The van der Waals surface area contributed by atoms with Gasteiger partial charge in [0, 0.05) is 12.7 Å². The van der Waals surface area contributed by atoms with E-state index in [1.165, 1.54) is 24.3 Å². The third kappa shape index (κ3) is 5.47. The van der Waals surface area contributed by atoms with Gasteiger partial charge in [-0.2, -0.15) is 13.2 Å². The van der Waals surface area contributed by atoms with Crippen LogP contribution in [0.5, 0.6) is 5.75 Å². The molecule has 32 heavy (non-hydrogen) atoms. The van der Waals surface area contributed by atoms with Gasteiger partial charge in [-0.25, -0.2) is 0 Å². The van der Waals surface area contributed by atoms with Crippen molar-refractivity contribution in [2.24, 2.45) is 5.73 Å². The molecule has 2 heterocycles. The summed E-state index contributed by atoms with van der Waals surface area (Å²) in [5.41, 5.74) is 1.20. The zero-order valence-electron chi connectivity index (χ0n) is 17.5. The van der Waals surface area contributed by atoms with Crippen molar-refractivity contribution in [3.8, 4) is 16.9 Å². The second kappa shape index (κ2) is 9.31. The number of hydrogen-bond acceptors (Lipinski definition) is 6. The van der Waals surface area contributed by atoms with Gasteiger partial charge in [-0.3, -0.25) is 9.59 Å². The number of hydrogen-bond donors (Lipinski definition) is 2. The fraction of sp³-hybridized carbons (Fsp3) is 0.429. The minimum Gasteiger partial charge on any atom is -0.491 e. The minimum absolute atomic E-state index is 0.119. The van der Waals surface area contributed by atoms with E-state index in [0.717, 1.165) is 6.07 Å². The van der Waals surface area contributed by atoms with Crippen molar-refractivity contribution in [1.82, 2.24) is 4.98 Å². The van der Waals surface area contributed by atoms with Crippen LogP contribution in [0.1, 0.15) is 23.0 Å². The number of carbonyl (C=O) groups is 1. The van der Waals surface area contributed by atoms with Crippen LogP contribution in [0.15, 0.2) is 35.1 Å². The maximum absolute atomic E-state index is 13.4. The van der Waals surface area contributed by atoms with E-state index < -0.39 is 34.5 Å². The zero-order chi connectivity index (χ0) is 23.5. The molecule has 1 aliphatic rings. The molecule has 0 radical (unpaired) electrons. The lowest BCUT2D eigenvalue weighted by Crippen LogP contribution is -2.50. The highest BCUT2D eigenvalue weighted by molar-refractivity contribution is 5.94. The molecular formula is C21H23F3N2O6. The van der Waals surface area contributed by atoms with Crippen LogP contribution >= 0.6 is 0 Å². The molecule has 0 bridgehead atoms. The summed E-state index contributed by atoms with van der Waals surface area (Å²) >= 11 is 0. The minimum atomic E-state index is -4.84. The second-order valence-electron chi connectivity index (χ2n) is 7.64. The number of methoxy groups -OCH3 is 1. The second-order valence-corrected chi connectivity index (χ2v) is 7.64. The summed E-state index contributed by atoms with van der Waals surface area (Å²) in [5, 5.41) is 0. The van der Waals surface area contributed by atoms with Crippen molar-refractivity contribution in [3.63, 3.8) is 0 Å². The maximum atomic E-state index is 13.4. The van der Waals surface area contributed by atoms with E-state index in [-0.39, 0.29) is 23.8 Å². The number of H-pyrrole nitrogens is 1. The van der Waals surface area contributed by atoms with Gasteiger partial charge in [0.05, 0.1) is 19.8 Å². The normalized spacial score (nSPS) is 21.3. The van der Waals surface area contributed by atoms with Gasteiger partial charge in [0.1, 0.15) is 35.3 Å². The highest BCUT2D eigenvalue weighted by Gasteiger charge is 2.36. The SMILES string of the molecule is COC[C@]1(C)COC[C@@H](COc2ccc(-c3cc(C(N)=O)c(=O)[nH]c3C(F)(F)F)cc2)O1. The van der Waals surface area contributed by atoms with Crippen molar-refractivity contribution in [2.45, 2.75) is 24.8 Å². The zero-order valence-corrected chi connectivity index (χ0v) is 17.5. The largest absolute Gasteiger partial charge is 0.491 e. The van der Waals surface area contributed by atoms with Crippen LogP contribution in [0, 0.1) is 0 Å². The molecule has 3 N–H and O–H groups in total. The van der Waals surface area contributed by atoms with E-state index in [1.807, 2.05) is 6.92 Å². The van der Waals surface area contributed by atoms with Crippen LogP contribution < -0.4 is 16.0 Å². The smallest absolute Gasteiger partial charge is 0.431 e. The molecule has 8 nitrogen and oxygen atoms in total. The number of aromatic amines is 1. The Labute approximate surface area is 181 Å². The predicted molar refractivity (Wildman–Crippen MR) is 107 cm³/mol. The lowest BCUT2D eigenvalue weighted by Gasteiger charge is -2.37. The van der Waals surface area contributed by atoms with Crippen LogP contribution in [0.4, 0.5) is 13.2 Å². The molecule has 0 spiro atoms. The van der Waals surface area contributed by atoms with E-state index >= 15 is 0 Å². The Morgan fingerprint density at radius 1 is 1.31 bits per heavy atom. The lowest BCUT2D eigenvalue weighted by atomic mass is 10.0. The molecule has 1 saturated heterocycles. The highest BCUT2D eigenvalue weighted by atomic mass is 19.4. The van der Waals surface area contributed by atoms with Crippen molar-refractivity contribution < 1.29 is 36.9 Å². The summed E-state index contributed by atoms with van der Waals surface area (Å²) in [7, 11) is 1.56. The van der Waals surface area contributed by atoms with Crippen molar-refractivity contribution >= 4 is 5.91 Å². The Balaban J connectivity index is 1.78. The van der Waals surface area contributed by atoms with E-state index in [0.29, 0.717) is 25.6 Å². The van der Waals surface area contributed by atoms with E-state index in [9.17, 15) is 22.8 Å². The van der Waals surface area contributed by atoms with Crippen molar-refractivity contribution in [3.05, 3.63) is 51.9 Å². The number of primary amides is 1. The van der Waals surface area contributed by atoms with Gasteiger partial charge in [-0.1, -0.05) is 12.1 Å². The monoisotopic (exact) mass is 456 g/mol. The fourth-order valence-electron chi connectivity index (χ4n) is 3.42. The van der Waals surface area contributed by atoms with Crippen LogP contribution in [-0.2, 0) is 20.4 Å². The summed E-state index contributed by atoms with van der Waals surface area (Å²) < 4.78 is 62.6. The molecule has 1 amide bonds. The van der Waals surface area contributed by atoms with Crippen LogP contribution in [0.25, 0.3) is 11.1 Å². The Bertz CT molecular complexity index is 1020. The fourth-order valence-corrected chi connectivity index (χ4v) is 3.42. The molecule has 3 rings (SSSR count). The predicted octanol–water partition coefficient (Wildman–Crippen LogP) is 2.36. The molecule has 1 fully saturated rings. The molecule has 0 unspecified atom stereocenters. The summed E-state index contributed by atoms with van der Waals surface area (Å²) in [6.07, 6.45) is -5.19. The average molecular weight is 456 g/mol. The first-order valence-electron chi connectivity index (χ1n) is 9.64. The first-order valence-corrected chi connectivity index (χ1v) is 9.64. The molecule has 2 aromatic rings. The molecular weight excluding hydrogens is 433 g/mol. The molecule has 1 aliphatic heterocycles. The van der Waals surface area contributed by atoms with Crippen LogP contribution in [0.3, 0.4) is 0 Å². The van der Waals surface area contributed by atoms with E-state index in [2.05, 4.69) is 0 Å². The van der Waals surface area contributed by atoms with Gasteiger partial charge < -0.3 is 29.7 Å². The molecule has 174 valence electrons. The summed E-state index contributed by atoms with van der Waals surface area (Å²) in [6, 6.07) is 6.56. The number of nitrogens with two attached hydrogens (primary N) is 1. The highest BCUT2D eigenvalue weighted by Crippen LogP contribution is 2.35. The van der Waals surface area contributed by atoms with Gasteiger partial charge in [-0.15, -0.1) is 0 Å². The number of benzene rings is 1. The van der Waals surface area contributed by atoms with Gasteiger partial charge in [0.25, 0.3) is 11.5 Å². The summed E-state index contributed by atoms with van der Waals surface area (Å²) in [5.74, 6) is -0.735. The van der Waals surface area contributed by atoms with Gasteiger partial charge in [-0.05, 0) is 30.7 Å². The number of nitrogens with one attached hydrogen (secondary N) is 1. The maximum Gasteiger partial charge on any atom is 0.431 e. The number of halogens is 3. The molecule has 11 heteroatoms. The number of pyridine rings is 1. The number of rotatable bonds is 7. The first kappa shape index (κ1) is 23.8. The summed E-state index contributed by atoms with van der Waals surface area (Å²) in [6.45, 7) is 3.10. The number of ether oxygens (including phenoxy) is 4. The topological polar surface area (TPSA) is 113 Å². The van der Waals surface area contributed by atoms with Gasteiger partial charge in [0.15, 0.2) is 0 Å². The molecule has 1 aromatic carbocycles. The number of alkyl halides is 3. The Morgan fingerprint density at radius 3 is 2.59 bits per heavy atom. The lowest BCUT2D eigenvalue weighted by molar-refractivity contribution is -0.213. The Hall–Kier alpha value is -2.89. The molecule has 1 aromatic heterocycles. The third-order valence-corrected chi connectivity index (χ3v) is 4.80. The number of carbonyl (C=O) groups excluding carboxylic acids is 1. The number of amides is 1. The van der Waals surface area contributed by atoms with Crippen molar-refractivity contribution in [1.29, 1.82) is 0 Å². The Morgan fingerprint density at radius 2 is 2.00 bits per heavy atom. The van der Waals surface area contributed by atoms with Gasteiger partial charge >= 0.3 is 6.18 Å². The Kier molecular flexibility index (Phi) is 6.91. The van der Waals surface area contributed by atoms with Crippen molar-refractivity contribution in [2.75, 3.05) is 33.5 Å².